The Balaban J connectivity index is 2.17. The maximum absolute atomic E-state index is 12.1. The molecular formula is C19H16N2O7S2. The topological polar surface area (TPSA) is 132 Å². The molecule has 0 radical (unpaired) electrons. The Hall–Kier alpha value is -3.28. The lowest BCUT2D eigenvalue weighted by atomic mass is 10.1. The van der Waals surface area contributed by atoms with E-state index < -0.39 is 22.1 Å². The summed E-state index contributed by atoms with van der Waals surface area (Å²) in [6.45, 7) is 0. The first-order valence-electron chi connectivity index (χ1n) is 8.35. The minimum Gasteiger partial charge on any atom is -0.466 e. The van der Waals surface area contributed by atoms with Gasteiger partial charge < -0.3 is 14.8 Å². The zero-order valence-electron chi connectivity index (χ0n) is 15.8. The molecule has 3 aromatic rings. The average Bonchev–Trinajstić information content (AvgIpc) is 3.16. The number of fused-ring (bicyclic) bond motifs is 1. The minimum absolute atomic E-state index is 0.230. The van der Waals surface area contributed by atoms with E-state index in [4.69, 9.17) is 0 Å². The summed E-state index contributed by atoms with van der Waals surface area (Å²) in [5.41, 5.74) is 1.03. The van der Waals surface area contributed by atoms with Gasteiger partial charge in [-0.3, -0.25) is 4.55 Å². The number of benzene rings is 2. The fourth-order valence-electron chi connectivity index (χ4n) is 2.54. The van der Waals surface area contributed by atoms with Gasteiger partial charge in [0.1, 0.15) is 10.7 Å². The van der Waals surface area contributed by atoms with Gasteiger partial charge in [-0.05, 0) is 30.3 Å². The Labute approximate surface area is 175 Å². The Bertz CT molecular complexity index is 1230. The Morgan fingerprint density at radius 1 is 1.13 bits per heavy atom. The van der Waals surface area contributed by atoms with Crippen molar-refractivity contribution >= 4 is 49.3 Å². The number of carbonyl (C=O) groups is 2. The number of ether oxygens (including phenoxy) is 2. The van der Waals surface area contributed by atoms with Crippen LogP contribution in [0.15, 0.2) is 59.1 Å². The third-order valence-electron chi connectivity index (χ3n) is 3.95. The molecule has 0 atom stereocenters. The summed E-state index contributed by atoms with van der Waals surface area (Å²) in [5.74, 6) is -1.63. The van der Waals surface area contributed by atoms with Crippen molar-refractivity contribution in [3.8, 4) is 10.6 Å². The van der Waals surface area contributed by atoms with E-state index in [9.17, 15) is 22.6 Å². The number of thiazole rings is 1. The van der Waals surface area contributed by atoms with Gasteiger partial charge in [0, 0.05) is 11.3 Å². The van der Waals surface area contributed by atoms with Crippen molar-refractivity contribution in [2.75, 3.05) is 19.5 Å². The molecule has 0 unspecified atom stereocenters. The van der Waals surface area contributed by atoms with Crippen LogP contribution in [0.25, 0.3) is 20.8 Å². The fourth-order valence-corrected chi connectivity index (χ4v) is 4.04. The Morgan fingerprint density at radius 2 is 1.87 bits per heavy atom. The molecule has 1 aromatic heterocycles. The van der Waals surface area contributed by atoms with E-state index in [1.54, 1.807) is 6.07 Å². The van der Waals surface area contributed by atoms with Crippen molar-refractivity contribution in [2.45, 2.75) is 4.90 Å². The number of methoxy groups -OCH3 is 2. The summed E-state index contributed by atoms with van der Waals surface area (Å²) >= 11 is 1.29. The van der Waals surface area contributed by atoms with Crippen molar-refractivity contribution < 1.29 is 32.0 Å². The van der Waals surface area contributed by atoms with Gasteiger partial charge in [0.2, 0.25) is 0 Å². The SMILES string of the molecule is COC(=O)/C=C(/Nc1ccc(S(=O)(=O)O)cc1-c1nc2ccccc2s1)C(=O)OC. The highest BCUT2D eigenvalue weighted by molar-refractivity contribution is 7.85. The average molecular weight is 448 g/mol. The minimum atomic E-state index is -4.48. The van der Waals surface area contributed by atoms with Gasteiger partial charge in [0.25, 0.3) is 10.1 Å². The van der Waals surface area contributed by atoms with Gasteiger partial charge in [0.15, 0.2) is 0 Å². The van der Waals surface area contributed by atoms with Crippen LogP contribution in [0.3, 0.4) is 0 Å². The summed E-state index contributed by atoms with van der Waals surface area (Å²) in [6, 6.07) is 11.0. The third-order valence-corrected chi connectivity index (χ3v) is 5.87. The molecule has 0 fully saturated rings. The van der Waals surface area contributed by atoms with Crippen molar-refractivity contribution in [3.63, 3.8) is 0 Å². The highest BCUT2D eigenvalue weighted by atomic mass is 32.2. The summed E-state index contributed by atoms with van der Waals surface area (Å²) < 4.78 is 42.8. The molecule has 1 heterocycles. The van der Waals surface area contributed by atoms with Crippen LogP contribution in [0, 0.1) is 0 Å². The largest absolute Gasteiger partial charge is 0.466 e. The van der Waals surface area contributed by atoms with Crippen LogP contribution in [0.5, 0.6) is 0 Å². The number of anilines is 1. The first kappa shape index (κ1) is 21.4. The smallest absolute Gasteiger partial charge is 0.354 e. The van der Waals surface area contributed by atoms with Gasteiger partial charge in [-0.15, -0.1) is 11.3 Å². The lowest BCUT2D eigenvalue weighted by Gasteiger charge is -2.13. The quantitative estimate of drug-likeness (QED) is 0.332. The van der Waals surface area contributed by atoms with Gasteiger partial charge in [-0.1, -0.05) is 12.1 Å². The molecule has 0 amide bonds. The highest BCUT2D eigenvalue weighted by Crippen LogP contribution is 2.36. The second-order valence-electron chi connectivity index (χ2n) is 5.87. The van der Waals surface area contributed by atoms with Crippen molar-refractivity contribution in [1.82, 2.24) is 4.98 Å². The molecule has 0 saturated heterocycles. The van der Waals surface area contributed by atoms with Crippen LogP contribution in [-0.2, 0) is 29.2 Å². The van der Waals surface area contributed by atoms with Crippen LogP contribution in [-0.4, -0.2) is 44.1 Å². The summed E-state index contributed by atoms with van der Waals surface area (Å²) in [7, 11) is -2.19. The summed E-state index contributed by atoms with van der Waals surface area (Å²) in [6.07, 6.45) is 0.907. The predicted molar refractivity (Wildman–Crippen MR) is 111 cm³/mol. The molecule has 0 bridgehead atoms. The molecule has 0 aliphatic carbocycles. The van der Waals surface area contributed by atoms with E-state index in [1.165, 1.54) is 23.5 Å². The van der Waals surface area contributed by atoms with Crippen LogP contribution in [0.4, 0.5) is 5.69 Å². The van der Waals surface area contributed by atoms with E-state index in [0.29, 0.717) is 16.1 Å². The Kier molecular flexibility index (Phi) is 6.15. The second kappa shape index (κ2) is 8.61. The molecular weight excluding hydrogens is 432 g/mol. The molecule has 0 spiro atoms. The van der Waals surface area contributed by atoms with Gasteiger partial charge in [-0.2, -0.15) is 8.42 Å². The van der Waals surface area contributed by atoms with Crippen molar-refractivity contribution in [1.29, 1.82) is 0 Å². The van der Waals surface area contributed by atoms with E-state index in [-0.39, 0.29) is 16.3 Å². The summed E-state index contributed by atoms with van der Waals surface area (Å²) in [4.78, 5) is 27.8. The number of rotatable bonds is 6. The number of aromatic nitrogens is 1. The number of hydrogen-bond donors (Lipinski definition) is 2. The van der Waals surface area contributed by atoms with Crippen molar-refractivity contribution in [3.05, 3.63) is 54.2 Å². The highest BCUT2D eigenvalue weighted by Gasteiger charge is 2.20. The van der Waals surface area contributed by atoms with Crippen molar-refractivity contribution in [2.24, 2.45) is 0 Å². The number of nitrogens with zero attached hydrogens (tertiary/aromatic N) is 1. The number of nitrogens with one attached hydrogen (secondary N) is 1. The predicted octanol–water partition coefficient (Wildman–Crippen LogP) is 2.85. The van der Waals surface area contributed by atoms with Gasteiger partial charge in [-0.25, -0.2) is 14.6 Å². The monoisotopic (exact) mass is 448 g/mol. The molecule has 2 aromatic carbocycles. The van der Waals surface area contributed by atoms with Crippen LogP contribution in [0.2, 0.25) is 0 Å². The maximum atomic E-state index is 12.1. The van der Waals surface area contributed by atoms with Gasteiger partial charge >= 0.3 is 11.9 Å². The zero-order chi connectivity index (χ0) is 21.9. The normalized spacial score (nSPS) is 11.9. The summed E-state index contributed by atoms with van der Waals surface area (Å²) in [5, 5.41) is 3.20. The molecule has 156 valence electrons. The van der Waals surface area contributed by atoms with E-state index >= 15 is 0 Å². The number of para-hydroxylation sites is 1. The Morgan fingerprint density at radius 3 is 2.50 bits per heavy atom. The third kappa shape index (κ3) is 4.64. The van der Waals surface area contributed by atoms with Crippen LogP contribution < -0.4 is 5.32 Å². The number of esters is 2. The fraction of sp³-hybridized carbons (Fsp3) is 0.105. The molecule has 0 aliphatic heterocycles. The molecule has 9 nitrogen and oxygen atoms in total. The van der Waals surface area contributed by atoms with Crippen LogP contribution in [0.1, 0.15) is 0 Å². The molecule has 30 heavy (non-hydrogen) atoms. The molecule has 2 N–H and O–H groups in total. The lowest BCUT2D eigenvalue weighted by molar-refractivity contribution is -0.138. The maximum Gasteiger partial charge on any atom is 0.354 e. The molecule has 0 saturated carbocycles. The first-order chi connectivity index (χ1) is 14.2. The van der Waals surface area contributed by atoms with E-state index in [2.05, 4.69) is 19.8 Å². The van der Waals surface area contributed by atoms with Crippen LogP contribution >= 0.6 is 11.3 Å². The van der Waals surface area contributed by atoms with Gasteiger partial charge in [0.05, 0.1) is 35.4 Å². The first-order valence-corrected chi connectivity index (χ1v) is 10.6. The molecule has 0 aliphatic rings. The zero-order valence-corrected chi connectivity index (χ0v) is 17.4. The standard InChI is InChI=1S/C19H16N2O7S2/c1-27-17(22)10-15(19(23)28-2)20-13-8-7-11(30(24,25)26)9-12(13)18-21-14-5-3-4-6-16(14)29-18/h3-10,20H,1-2H3,(H,24,25,26)/b15-10+. The van der Waals surface area contributed by atoms with E-state index in [0.717, 1.165) is 31.1 Å². The molecule has 3 rings (SSSR count). The second-order valence-corrected chi connectivity index (χ2v) is 8.32. The molecule has 11 heteroatoms. The number of hydrogen-bond acceptors (Lipinski definition) is 9. The number of carbonyl (C=O) groups excluding carboxylic acids is 2. The van der Waals surface area contributed by atoms with E-state index in [1.807, 2.05) is 18.2 Å². The lowest BCUT2D eigenvalue weighted by Crippen LogP contribution is -2.16.